The summed E-state index contributed by atoms with van der Waals surface area (Å²) < 4.78 is 0. The molecule has 0 radical (unpaired) electrons. The highest BCUT2D eigenvalue weighted by molar-refractivity contribution is 5.95. The highest BCUT2D eigenvalue weighted by Gasteiger charge is 2.22. The number of hydrogen-bond acceptors (Lipinski definition) is 5. The fourth-order valence-corrected chi connectivity index (χ4v) is 1.86. The summed E-state index contributed by atoms with van der Waals surface area (Å²) in [6.45, 7) is 4.73. The van der Waals surface area contributed by atoms with Crippen LogP contribution in [0.2, 0.25) is 0 Å². The minimum atomic E-state index is -0.744. The van der Waals surface area contributed by atoms with Gasteiger partial charge in [0.25, 0.3) is 17.3 Å². The molecule has 21 heavy (non-hydrogen) atoms. The zero-order valence-corrected chi connectivity index (χ0v) is 11.9. The lowest BCUT2D eigenvalue weighted by Gasteiger charge is -2.20. The zero-order chi connectivity index (χ0) is 16.0. The van der Waals surface area contributed by atoms with Crippen molar-refractivity contribution in [2.24, 2.45) is 0 Å². The predicted molar refractivity (Wildman–Crippen MR) is 76.2 cm³/mol. The van der Waals surface area contributed by atoms with E-state index in [1.54, 1.807) is 6.92 Å². The third kappa shape index (κ3) is 4.23. The molecule has 0 aliphatic heterocycles. The fraction of sp³-hybridized carbons (Fsp3) is 0.462. The summed E-state index contributed by atoms with van der Waals surface area (Å²) in [6, 6.07) is 2.99. The van der Waals surface area contributed by atoms with E-state index in [4.69, 9.17) is 0 Å². The molecule has 1 aromatic carbocycles. The van der Waals surface area contributed by atoms with E-state index in [9.17, 15) is 25.0 Å². The number of benzene rings is 1. The summed E-state index contributed by atoms with van der Waals surface area (Å²) in [5.41, 5.74) is -0.952. The van der Waals surface area contributed by atoms with Crippen LogP contribution in [0.3, 0.4) is 0 Å². The van der Waals surface area contributed by atoms with Gasteiger partial charge in [0.1, 0.15) is 0 Å². The average molecular weight is 295 g/mol. The van der Waals surface area contributed by atoms with Crippen molar-refractivity contribution in [3.05, 3.63) is 44.0 Å². The van der Waals surface area contributed by atoms with Crippen LogP contribution in [0.25, 0.3) is 0 Å². The molecule has 0 N–H and O–H groups in total. The molecule has 0 aliphatic carbocycles. The lowest BCUT2D eigenvalue weighted by Crippen LogP contribution is -2.31. The SMILES string of the molecule is CCCCN(CC)C(=O)c1cc([N+](=O)[O-])cc([N+](=O)[O-])c1. The molecular weight excluding hydrogens is 278 g/mol. The van der Waals surface area contributed by atoms with Gasteiger partial charge in [0.05, 0.1) is 21.5 Å². The van der Waals surface area contributed by atoms with Gasteiger partial charge in [-0.05, 0) is 13.3 Å². The monoisotopic (exact) mass is 295 g/mol. The van der Waals surface area contributed by atoms with Gasteiger partial charge in [0.2, 0.25) is 0 Å². The first-order valence-corrected chi connectivity index (χ1v) is 6.63. The number of nitrogens with zero attached hydrogens (tertiary/aromatic N) is 3. The molecule has 0 saturated carbocycles. The number of rotatable bonds is 7. The lowest BCUT2D eigenvalue weighted by molar-refractivity contribution is -0.394. The van der Waals surface area contributed by atoms with Crippen LogP contribution in [0, 0.1) is 20.2 Å². The van der Waals surface area contributed by atoms with Gasteiger partial charge in [0.15, 0.2) is 0 Å². The van der Waals surface area contributed by atoms with E-state index in [2.05, 4.69) is 0 Å². The Morgan fingerprint density at radius 3 is 2.00 bits per heavy atom. The summed E-state index contributed by atoms with van der Waals surface area (Å²) in [5.74, 6) is -0.433. The predicted octanol–water partition coefficient (Wildman–Crippen LogP) is 2.77. The molecule has 0 heterocycles. The topological polar surface area (TPSA) is 107 Å². The number of amides is 1. The van der Waals surface area contributed by atoms with Crippen LogP contribution in [0.4, 0.5) is 11.4 Å². The maximum absolute atomic E-state index is 12.3. The Bertz CT molecular complexity index is 526. The Hall–Kier alpha value is -2.51. The Balaban J connectivity index is 3.18. The highest BCUT2D eigenvalue weighted by Crippen LogP contribution is 2.23. The van der Waals surface area contributed by atoms with Gasteiger partial charge in [-0.3, -0.25) is 25.0 Å². The van der Waals surface area contributed by atoms with Crippen molar-refractivity contribution in [3.63, 3.8) is 0 Å². The molecule has 0 fully saturated rings. The second-order valence-electron chi connectivity index (χ2n) is 4.49. The first kappa shape index (κ1) is 16.5. The minimum Gasteiger partial charge on any atom is -0.339 e. The average Bonchev–Trinajstić information content (AvgIpc) is 2.47. The Kier molecular flexibility index (Phi) is 5.77. The molecule has 0 atom stereocenters. The van der Waals surface area contributed by atoms with Gasteiger partial charge < -0.3 is 4.90 Å². The molecule has 0 aliphatic rings. The first-order valence-electron chi connectivity index (χ1n) is 6.63. The fourth-order valence-electron chi connectivity index (χ4n) is 1.86. The highest BCUT2D eigenvalue weighted by atomic mass is 16.6. The van der Waals surface area contributed by atoms with Crippen molar-refractivity contribution in [1.82, 2.24) is 4.90 Å². The van der Waals surface area contributed by atoms with Crippen LogP contribution in [-0.2, 0) is 0 Å². The van der Waals surface area contributed by atoms with E-state index in [1.807, 2.05) is 6.92 Å². The molecule has 0 aromatic heterocycles. The Morgan fingerprint density at radius 1 is 1.10 bits per heavy atom. The van der Waals surface area contributed by atoms with E-state index in [-0.39, 0.29) is 5.56 Å². The summed E-state index contributed by atoms with van der Waals surface area (Å²) in [7, 11) is 0. The number of unbranched alkanes of at least 4 members (excludes halogenated alkanes) is 1. The second kappa shape index (κ2) is 7.32. The van der Waals surface area contributed by atoms with Gasteiger partial charge >= 0.3 is 0 Å². The van der Waals surface area contributed by atoms with Crippen LogP contribution >= 0.6 is 0 Å². The van der Waals surface area contributed by atoms with E-state index in [0.29, 0.717) is 13.1 Å². The van der Waals surface area contributed by atoms with Gasteiger partial charge in [-0.15, -0.1) is 0 Å². The van der Waals surface area contributed by atoms with Gasteiger partial charge in [-0.2, -0.15) is 0 Å². The maximum atomic E-state index is 12.3. The van der Waals surface area contributed by atoms with Gasteiger partial charge in [-0.1, -0.05) is 13.3 Å². The van der Waals surface area contributed by atoms with Crippen molar-refractivity contribution >= 4 is 17.3 Å². The standard InChI is InChI=1S/C13H17N3O5/c1-3-5-6-14(4-2)13(17)10-7-11(15(18)19)9-12(8-10)16(20)21/h7-9H,3-6H2,1-2H3. The number of carbonyl (C=O) groups excluding carboxylic acids is 1. The van der Waals surface area contributed by atoms with Crippen molar-refractivity contribution in [2.45, 2.75) is 26.7 Å². The van der Waals surface area contributed by atoms with Crippen LogP contribution in [0.5, 0.6) is 0 Å². The zero-order valence-electron chi connectivity index (χ0n) is 11.9. The largest absolute Gasteiger partial charge is 0.339 e. The van der Waals surface area contributed by atoms with Crippen molar-refractivity contribution in [2.75, 3.05) is 13.1 Å². The third-order valence-corrected chi connectivity index (χ3v) is 3.02. The van der Waals surface area contributed by atoms with Gasteiger partial charge in [-0.25, -0.2) is 0 Å². The second-order valence-corrected chi connectivity index (χ2v) is 4.49. The van der Waals surface area contributed by atoms with E-state index >= 15 is 0 Å². The molecule has 1 aromatic rings. The van der Waals surface area contributed by atoms with Crippen LogP contribution in [-0.4, -0.2) is 33.7 Å². The molecule has 0 saturated heterocycles. The molecule has 0 unspecified atom stereocenters. The smallest absolute Gasteiger partial charge is 0.277 e. The summed E-state index contributed by atoms with van der Waals surface area (Å²) in [6.07, 6.45) is 1.70. The normalized spacial score (nSPS) is 10.2. The first-order chi connectivity index (χ1) is 9.90. The molecule has 1 amide bonds. The van der Waals surface area contributed by atoms with Gasteiger partial charge in [0, 0.05) is 25.2 Å². The minimum absolute atomic E-state index is 0.0335. The van der Waals surface area contributed by atoms with E-state index in [0.717, 1.165) is 31.0 Å². The molecule has 8 nitrogen and oxygen atoms in total. The molecular formula is C13H17N3O5. The van der Waals surface area contributed by atoms with Crippen molar-refractivity contribution in [3.8, 4) is 0 Å². The number of nitro groups is 2. The Labute approximate surface area is 121 Å². The van der Waals surface area contributed by atoms with Crippen molar-refractivity contribution < 1.29 is 14.6 Å². The molecule has 1 rings (SSSR count). The van der Waals surface area contributed by atoms with Crippen LogP contribution in [0.1, 0.15) is 37.0 Å². The maximum Gasteiger partial charge on any atom is 0.277 e. The summed E-state index contributed by atoms with van der Waals surface area (Å²) in [5, 5.41) is 21.6. The third-order valence-electron chi connectivity index (χ3n) is 3.02. The number of non-ortho nitro benzene ring substituents is 2. The Morgan fingerprint density at radius 2 is 1.62 bits per heavy atom. The molecule has 8 heteroatoms. The quantitative estimate of drug-likeness (QED) is 0.567. The number of carbonyl (C=O) groups is 1. The van der Waals surface area contributed by atoms with Crippen LogP contribution < -0.4 is 0 Å². The van der Waals surface area contributed by atoms with E-state index < -0.39 is 27.1 Å². The summed E-state index contributed by atoms with van der Waals surface area (Å²) >= 11 is 0. The number of nitro benzene ring substituents is 2. The molecule has 114 valence electrons. The molecule has 0 spiro atoms. The summed E-state index contributed by atoms with van der Waals surface area (Å²) in [4.78, 5) is 34.0. The van der Waals surface area contributed by atoms with E-state index in [1.165, 1.54) is 4.90 Å². The van der Waals surface area contributed by atoms with Crippen LogP contribution in [0.15, 0.2) is 18.2 Å². The lowest BCUT2D eigenvalue weighted by atomic mass is 10.1. The number of hydrogen-bond donors (Lipinski definition) is 0. The van der Waals surface area contributed by atoms with Crippen molar-refractivity contribution in [1.29, 1.82) is 0 Å². The molecule has 0 bridgehead atoms.